The Morgan fingerprint density at radius 2 is 2.46 bits per heavy atom. The number of carbonyl (C=O) groups excluding carboxylic acids is 1. The third kappa shape index (κ3) is 2.24. The Morgan fingerprint density at radius 1 is 1.62 bits per heavy atom. The Kier molecular flexibility index (Phi) is 2.20. The molecule has 0 saturated heterocycles. The number of hydrogen-bond acceptors (Lipinski definition) is 4. The van der Waals surface area contributed by atoms with Gasteiger partial charge in [-0.25, -0.2) is 0 Å². The van der Waals surface area contributed by atoms with Crippen LogP contribution in [0.1, 0.15) is 29.9 Å². The largest absolute Gasteiger partial charge is 0.349 e. The molecule has 1 aliphatic rings. The summed E-state index contributed by atoms with van der Waals surface area (Å²) in [5.41, 5.74) is 0. The summed E-state index contributed by atoms with van der Waals surface area (Å²) < 4.78 is 0. The second-order valence-electron chi connectivity index (χ2n) is 3.22. The number of carbonyl (C=O) groups is 1. The Bertz CT molecular complexity index is 279. The summed E-state index contributed by atoms with van der Waals surface area (Å²) in [6, 6.07) is 0. The lowest BCUT2D eigenvalue weighted by Gasteiger charge is -1.99. The average Bonchev–Trinajstić information content (AvgIpc) is 2.80. The van der Waals surface area contributed by atoms with Crippen molar-refractivity contribution >= 4 is 5.91 Å². The van der Waals surface area contributed by atoms with Crippen LogP contribution in [0.5, 0.6) is 0 Å². The number of nitrogens with one attached hydrogen (secondary N) is 2. The van der Waals surface area contributed by atoms with E-state index in [2.05, 4.69) is 25.9 Å². The molecule has 0 aromatic carbocycles. The fourth-order valence-corrected chi connectivity index (χ4v) is 1.13. The summed E-state index contributed by atoms with van der Waals surface area (Å²) in [7, 11) is 0. The second-order valence-corrected chi connectivity index (χ2v) is 3.22. The third-order valence-electron chi connectivity index (χ3n) is 2.08. The number of aromatic nitrogens is 4. The van der Waals surface area contributed by atoms with E-state index in [1.807, 2.05) is 0 Å². The first-order valence-electron chi connectivity index (χ1n) is 4.38. The molecule has 1 aromatic heterocycles. The van der Waals surface area contributed by atoms with Crippen LogP contribution in [0.25, 0.3) is 0 Å². The Labute approximate surface area is 75.1 Å². The quantitative estimate of drug-likeness (QED) is 0.669. The summed E-state index contributed by atoms with van der Waals surface area (Å²) in [5.74, 6) is 0.677. The van der Waals surface area contributed by atoms with Gasteiger partial charge in [0.05, 0.1) is 0 Å². The van der Waals surface area contributed by atoms with E-state index >= 15 is 0 Å². The number of hydrogen-bond donors (Lipinski definition) is 2. The molecule has 6 heteroatoms. The lowest BCUT2D eigenvalue weighted by atomic mass is 10.3. The monoisotopic (exact) mass is 181 g/mol. The van der Waals surface area contributed by atoms with Crippen LogP contribution in [-0.2, 0) is 0 Å². The van der Waals surface area contributed by atoms with Crippen molar-refractivity contribution in [2.24, 2.45) is 5.92 Å². The van der Waals surface area contributed by atoms with E-state index in [1.54, 1.807) is 0 Å². The van der Waals surface area contributed by atoms with Gasteiger partial charge in [-0.15, -0.1) is 10.2 Å². The highest BCUT2D eigenvalue weighted by Gasteiger charge is 2.21. The van der Waals surface area contributed by atoms with Gasteiger partial charge in [-0.3, -0.25) is 4.79 Å². The van der Waals surface area contributed by atoms with Crippen LogP contribution in [-0.4, -0.2) is 33.1 Å². The van der Waals surface area contributed by atoms with E-state index in [1.165, 1.54) is 12.8 Å². The number of amides is 1. The van der Waals surface area contributed by atoms with Crippen molar-refractivity contribution in [3.63, 3.8) is 0 Å². The first-order valence-corrected chi connectivity index (χ1v) is 4.38. The predicted octanol–water partition coefficient (Wildman–Crippen LogP) is -0.270. The molecule has 0 atom stereocenters. The Hall–Kier alpha value is -1.46. The number of H-pyrrole nitrogens is 1. The van der Waals surface area contributed by atoms with Crippen molar-refractivity contribution < 1.29 is 4.79 Å². The molecular formula is C7H11N5O. The van der Waals surface area contributed by atoms with Gasteiger partial charge in [0.25, 0.3) is 11.7 Å². The average molecular weight is 181 g/mol. The first-order chi connectivity index (χ1) is 6.36. The number of nitrogens with zero attached hydrogens (tertiary/aromatic N) is 3. The topological polar surface area (TPSA) is 83.6 Å². The minimum Gasteiger partial charge on any atom is -0.349 e. The number of aromatic amines is 1. The zero-order valence-corrected chi connectivity index (χ0v) is 7.16. The molecule has 1 fully saturated rings. The molecule has 70 valence electrons. The van der Waals surface area contributed by atoms with Crippen LogP contribution in [0.3, 0.4) is 0 Å². The van der Waals surface area contributed by atoms with E-state index in [-0.39, 0.29) is 11.7 Å². The molecule has 1 heterocycles. The molecule has 1 aromatic rings. The third-order valence-corrected chi connectivity index (χ3v) is 2.08. The predicted molar refractivity (Wildman–Crippen MR) is 43.9 cm³/mol. The highest BCUT2D eigenvalue weighted by Crippen LogP contribution is 2.31. The molecule has 1 amide bonds. The standard InChI is InChI=1S/C7H11N5O/c13-7(6-9-11-12-10-6)8-4-3-5-1-2-5/h5H,1-4H2,(H,8,13)(H,9,10,11,12). The van der Waals surface area contributed by atoms with E-state index in [9.17, 15) is 4.79 Å². The lowest BCUT2D eigenvalue weighted by Crippen LogP contribution is -2.25. The molecule has 0 radical (unpaired) electrons. The molecule has 0 bridgehead atoms. The van der Waals surface area contributed by atoms with Crippen LogP contribution >= 0.6 is 0 Å². The molecule has 1 aliphatic carbocycles. The van der Waals surface area contributed by atoms with Gasteiger partial charge in [-0.1, -0.05) is 12.8 Å². The van der Waals surface area contributed by atoms with Gasteiger partial charge in [-0.2, -0.15) is 5.21 Å². The van der Waals surface area contributed by atoms with Crippen LogP contribution in [0.15, 0.2) is 0 Å². The zero-order valence-electron chi connectivity index (χ0n) is 7.16. The van der Waals surface area contributed by atoms with Crippen LogP contribution in [0.2, 0.25) is 0 Å². The second kappa shape index (κ2) is 3.51. The van der Waals surface area contributed by atoms with Gasteiger partial charge in [0.15, 0.2) is 0 Å². The van der Waals surface area contributed by atoms with E-state index in [0.717, 1.165) is 12.3 Å². The van der Waals surface area contributed by atoms with Gasteiger partial charge in [0.1, 0.15) is 0 Å². The molecule has 0 unspecified atom stereocenters. The summed E-state index contributed by atoms with van der Waals surface area (Å²) in [6.07, 6.45) is 3.67. The molecule has 6 nitrogen and oxygen atoms in total. The van der Waals surface area contributed by atoms with Crippen LogP contribution in [0, 0.1) is 5.92 Å². The zero-order chi connectivity index (χ0) is 9.10. The first kappa shape index (κ1) is 8.15. The minimum absolute atomic E-state index is 0.107. The van der Waals surface area contributed by atoms with Gasteiger partial charge >= 0.3 is 0 Å². The molecule has 2 N–H and O–H groups in total. The molecule has 2 rings (SSSR count). The van der Waals surface area contributed by atoms with E-state index < -0.39 is 0 Å². The highest BCUT2D eigenvalue weighted by molar-refractivity contribution is 5.89. The maximum Gasteiger partial charge on any atom is 0.292 e. The summed E-state index contributed by atoms with van der Waals surface area (Å²) >= 11 is 0. The fourth-order valence-electron chi connectivity index (χ4n) is 1.13. The maximum absolute atomic E-state index is 11.2. The lowest BCUT2D eigenvalue weighted by molar-refractivity contribution is 0.0942. The van der Waals surface area contributed by atoms with E-state index in [4.69, 9.17) is 0 Å². The van der Waals surface area contributed by atoms with E-state index in [0.29, 0.717) is 6.54 Å². The molecule has 1 saturated carbocycles. The van der Waals surface area contributed by atoms with Gasteiger partial charge in [-0.05, 0) is 17.6 Å². The van der Waals surface area contributed by atoms with Crippen molar-refractivity contribution in [2.45, 2.75) is 19.3 Å². The van der Waals surface area contributed by atoms with Crippen molar-refractivity contribution in [2.75, 3.05) is 6.54 Å². The smallest absolute Gasteiger partial charge is 0.292 e. The Balaban J connectivity index is 1.71. The van der Waals surface area contributed by atoms with Crippen LogP contribution in [0.4, 0.5) is 0 Å². The summed E-state index contributed by atoms with van der Waals surface area (Å²) in [5, 5.41) is 15.4. The van der Waals surface area contributed by atoms with Crippen molar-refractivity contribution in [3.8, 4) is 0 Å². The molecular weight excluding hydrogens is 170 g/mol. The SMILES string of the molecule is O=C(NCCC1CC1)c1nn[nH]n1. The van der Waals surface area contributed by atoms with Crippen LogP contribution < -0.4 is 5.32 Å². The fraction of sp³-hybridized carbons (Fsp3) is 0.714. The molecule has 0 spiro atoms. The molecule has 0 aliphatic heterocycles. The van der Waals surface area contributed by atoms with Crippen molar-refractivity contribution in [3.05, 3.63) is 5.82 Å². The molecule has 13 heavy (non-hydrogen) atoms. The van der Waals surface area contributed by atoms with Gasteiger partial charge < -0.3 is 5.32 Å². The van der Waals surface area contributed by atoms with Gasteiger partial charge in [0, 0.05) is 6.54 Å². The summed E-state index contributed by atoms with van der Waals surface area (Å²) in [6.45, 7) is 0.706. The minimum atomic E-state index is -0.255. The number of rotatable bonds is 4. The van der Waals surface area contributed by atoms with Gasteiger partial charge in [0.2, 0.25) is 0 Å². The highest BCUT2D eigenvalue weighted by atomic mass is 16.2. The Morgan fingerprint density at radius 3 is 3.08 bits per heavy atom. The van der Waals surface area contributed by atoms with Crippen molar-refractivity contribution in [1.82, 2.24) is 25.9 Å². The summed E-state index contributed by atoms with van der Waals surface area (Å²) in [4.78, 5) is 11.2. The normalized spacial score (nSPS) is 15.7. The van der Waals surface area contributed by atoms with Crippen molar-refractivity contribution in [1.29, 1.82) is 0 Å². The number of tetrazole rings is 1. The maximum atomic E-state index is 11.2.